The lowest BCUT2D eigenvalue weighted by Crippen LogP contribution is -2.48. The Kier molecular flexibility index (Phi) is 5.09. The van der Waals surface area contributed by atoms with Gasteiger partial charge in [0.05, 0.1) is 5.02 Å². The number of likely N-dealkylation sites (tertiary alicyclic amines) is 1. The van der Waals surface area contributed by atoms with Gasteiger partial charge in [-0.1, -0.05) is 18.5 Å². The van der Waals surface area contributed by atoms with Crippen LogP contribution >= 0.6 is 34.2 Å². The molecule has 1 heterocycles. The van der Waals surface area contributed by atoms with Gasteiger partial charge in [-0.25, -0.2) is 0 Å². The second-order valence-electron chi connectivity index (χ2n) is 5.24. The van der Waals surface area contributed by atoms with Gasteiger partial charge >= 0.3 is 0 Å². The van der Waals surface area contributed by atoms with Crippen LogP contribution < -0.4 is 5.32 Å². The predicted molar refractivity (Wildman–Crippen MR) is 86.7 cm³/mol. The van der Waals surface area contributed by atoms with Crippen LogP contribution in [0.1, 0.15) is 23.7 Å². The highest BCUT2D eigenvalue weighted by molar-refractivity contribution is 14.1. The summed E-state index contributed by atoms with van der Waals surface area (Å²) in [5, 5.41) is 3.75. The molecule has 1 aromatic carbocycles. The van der Waals surface area contributed by atoms with Crippen molar-refractivity contribution in [3.63, 3.8) is 0 Å². The molecule has 0 spiro atoms. The zero-order chi connectivity index (χ0) is 14.0. The highest BCUT2D eigenvalue weighted by atomic mass is 127. The van der Waals surface area contributed by atoms with Gasteiger partial charge in [-0.05, 0) is 66.7 Å². The average molecular weight is 393 g/mol. The molecule has 1 aliphatic rings. The summed E-state index contributed by atoms with van der Waals surface area (Å²) in [6.45, 7) is 4.24. The van der Waals surface area contributed by atoms with Crippen molar-refractivity contribution in [2.75, 3.05) is 20.1 Å². The number of hydrogen-bond donors (Lipinski definition) is 1. The Morgan fingerprint density at radius 1 is 1.53 bits per heavy atom. The van der Waals surface area contributed by atoms with Gasteiger partial charge in [0, 0.05) is 21.7 Å². The van der Waals surface area contributed by atoms with Crippen LogP contribution in [0.5, 0.6) is 0 Å². The average Bonchev–Trinajstić information content (AvgIpc) is 2.36. The van der Waals surface area contributed by atoms with Crippen LogP contribution in [0.15, 0.2) is 18.2 Å². The topological polar surface area (TPSA) is 32.3 Å². The SMILES string of the molecule is CC1CN(C)CCC1NC(=O)c1ccc(I)c(Cl)c1. The molecule has 0 aliphatic carbocycles. The molecule has 1 N–H and O–H groups in total. The second-order valence-corrected chi connectivity index (χ2v) is 6.81. The van der Waals surface area contributed by atoms with Gasteiger partial charge in [-0.2, -0.15) is 0 Å². The van der Waals surface area contributed by atoms with Crippen molar-refractivity contribution in [3.05, 3.63) is 32.4 Å². The first-order valence-electron chi connectivity index (χ1n) is 6.42. The number of nitrogens with one attached hydrogen (secondary N) is 1. The summed E-state index contributed by atoms with van der Waals surface area (Å²) in [5.41, 5.74) is 0.636. The normalized spacial score (nSPS) is 24.2. The van der Waals surface area contributed by atoms with Crippen LogP contribution in [0, 0.1) is 9.49 Å². The lowest BCUT2D eigenvalue weighted by molar-refractivity contribution is 0.0884. The minimum Gasteiger partial charge on any atom is -0.349 e. The third-order valence-corrected chi connectivity index (χ3v) is 5.18. The molecule has 2 rings (SSSR count). The lowest BCUT2D eigenvalue weighted by Gasteiger charge is -2.35. The largest absolute Gasteiger partial charge is 0.349 e. The van der Waals surface area contributed by atoms with Crippen molar-refractivity contribution in [2.45, 2.75) is 19.4 Å². The van der Waals surface area contributed by atoms with Crippen LogP contribution in [0.25, 0.3) is 0 Å². The van der Waals surface area contributed by atoms with Crippen molar-refractivity contribution in [2.24, 2.45) is 5.92 Å². The maximum atomic E-state index is 12.2. The molecule has 1 fully saturated rings. The molecule has 0 radical (unpaired) electrons. The highest BCUT2D eigenvalue weighted by Crippen LogP contribution is 2.20. The molecule has 104 valence electrons. The van der Waals surface area contributed by atoms with E-state index in [0.717, 1.165) is 23.1 Å². The summed E-state index contributed by atoms with van der Waals surface area (Å²) >= 11 is 8.21. The number of amides is 1. The molecular weight excluding hydrogens is 375 g/mol. The maximum absolute atomic E-state index is 12.2. The van der Waals surface area contributed by atoms with E-state index in [1.165, 1.54) is 0 Å². The van der Waals surface area contributed by atoms with Crippen LogP contribution in [-0.4, -0.2) is 37.0 Å². The molecule has 1 aromatic rings. The Balaban J connectivity index is 2.02. The lowest BCUT2D eigenvalue weighted by atomic mass is 9.94. The van der Waals surface area contributed by atoms with Crippen molar-refractivity contribution in [1.29, 1.82) is 0 Å². The van der Waals surface area contributed by atoms with Gasteiger partial charge in [-0.3, -0.25) is 4.79 Å². The van der Waals surface area contributed by atoms with Gasteiger partial charge < -0.3 is 10.2 Å². The maximum Gasteiger partial charge on any atom is 0.251 e. The first-order valence-corrected chi connectivity index (χ1v) is 7.87. The first-order chi connectivity index (χ1) is 8.97. The smallest absolute Gasteiger partial charge is 0.251 e. The molecular formula is C14H18ClIN2O. The summed E-state index contributed by atoms with van der Waals surface area (Å²) in [7, 11) is 2.12. The third-order valence-electron chi connectivity index (χ3n) is 3.61. The van der Waals surface area contributed by atoms with E-state index in [-0.39, 0.29) is 11.9 Å². The van der Waals surface area contributed by atoms with Gasteiger partial charge in [0.2, 0.25) is 0 Å². The van der Waals surface area contributed by atoms with E-state index in [1.807, 2.05) is 12.1 Å². The number of nitrogens with zero attached hydrogens (tertiary/aromatic N) is 1. The van der Waals surface area contributed by atoms with E-state index in [0.29, 0.717) is 16.5 Å². The van der Waals surface area contributed by atoms with Gasteiger partial charge in [0.15, 0.2) is 0 Å². The fraction of sp³-hybridized carbons (Fsp3) is 0.500. The molecule has 5 heteroatoms. The van der Waals surface area contributed by atoms with Crippen molar-refractivity contribution >= 4 is 40.1 Å². The molecule has 19 heavy (non-hydrogen) atoms. The van der Waals surface area contributed by atoms with Crippen LogP contribution in [0.2, 0.25) is 5.02 Å². The zero-order valence-corrected chi connectivity index (χ0v) is 14.0. The predicted octanol–water partition coefficient (Wildman–Crippen LogP) is 3.01. The van der Waals surface area contributed by atoms with E-state index in [4.69, 9.17) is 11.6 Å². The van der Waals surface area contributed by atoms with Crippen molar-refractivity contribution in [1.82, 2.24) is 10.2 Å². The minimum absolute atomic E-state index is 0.0281. The van der Waals surface area contributed by atoms with Gasteiger partial charge in [-0.15, -0.1) is 0 Å². The molecule has 1 amide bonds. The molecule has 3 nitrogen and oxygen atoms in total. The van der Waals surface area contributed by atoms with E-state index in [9.17, 15) is 4.79 Å². The monoisotopic (exact) mass is 392 g/mol. The zero-order valence-electron chi connectivity index (χ0n) is 11.1. The molecule has 0 aromatic heterocycles. The van der Waals surface area contributed by atoms with E-state index in [2.05, 4.69) is 46.8 Å². The molecule has 2 atom stereocenters. The standard InChI is InChI=1S/C14H18ClIN2O/c1-9-8-18(2)6-5-13(9)17-14(19)10-3-4-12(16)11(15)7-10/h3-4,7,9,13H,5-6,8H2,1-2H3,(H,17,19). The Labute approximate surface area is 132 Å². The number of halogens is 2. The number of piperidine rings is 1. The Hall–Kier alpha value is -0.330. The van der Waals surface area contributed by atoms with E-state index >= 15 is 0 Å². The highest BCUT2D eigenvalue weighted by Gasteiger charge is 2.25. The van der Waals surface area contributed by atoms with E-state index < -0.39 is 0 Å². The minimum atomic E-state index is -0.0281. The van der Waals surface area contributed by atoms with E-state index in [1.54, 1.807) is 6.07 Å². The fourth-order valence-electron chi connectivity index (χ4n) is 2.46. The Bertz CT molecular complexity index is 481. The Morgan fingerprint density at radius 2 is 2.26 bits per heavy atom. The molecule has 1 aliphatic heterocycles. The fourth-order valence-corrected chi connectivity index (χ4v) is 2.97. The first kappa shape index (κ1) is 15.1. The van der Waals surface area contributed by atoms with Crippen LogP contribution in [0.4, 0.5) is 0 Å². The summed E-state index contributed by atoms with van der Waals surface area (Å²) in [5.74, 6) is 0.446. The number of benzene rings is 1. The number of carbonyl (C=O) groups is 1. The molecule has 2 unspecified atom stereocenters. The quantitative estimate of drug-likeness (QED) is 0.785. The van der Waals surface area contributed by atoms with Gasteiger partial charge in [0.1, 0.15) is 0 Å². The van der Waals surface area contributed by atoms with Crippen molar-refractivity contribution < 1.29 is 4.79 Å². The van der Waals surface area contributed by atoms with Crippen LogP contribution in [0.3, 0.4) is 0 Å². The molecule has 0 bridgehead atoms. The summed E-state index contributed by atoms with van der Waals surface area (Å²) in [6.07, 6.45) is 1.00. The molecule has 0 saturated carbocycles. The third kappa shape index (κ3) is 3.83. The summed E-state index contributed by atoms with van der Waals surface area (Å²) in [6, 6.07) is 5.68. The number of rotatable bonds is 2. The Morgan fingerprint density at radius 3 is 2.89 bits per heavy atom. The summed E-state index contributed by atoms with van der Waals surface area (Å²) in [4.78, 5) is 14.5. The number of hydrogen-bond acceptors (Lipinski definition) is 2. The number of carbonyl (C=O) groups excluding carboxylic acids is 1. The van der Waals surface area contributed by atoms with Crippen LogP contribution in [-0.2, 0) is 0 Å². The second kappa shape index (κ2) is 6.41. The van der Waals surface area contributed by atoms with Gasteiger partial charge in [0.25, 0.3) is 5.91 Å². The van der Waals surface area contributed by atoms with Crippen molar-refractivity contribution in [3.8, 4) is 0 Å². The summed E-state index contributed by atoms with van der Waals surface area (Å²) < 4.78 is 0.962. The molecule has 1 saturated heterocycles.